The van der Waals surface area contributed by atoms with E-state index in [2.05, 4.69) is 30.3 Å². The highest BCUT2D eigenvalue weighted by Crippen LogP contribution is 2.28. The molecule has 0 aromatic carbocycles. The Hall–Kier alpha value is -3.68. The Kier molecular flexibility index (Phi) is 7.52. The number of sulfonamides is 1. The van der Waals surface area contributed by atoms with Crippen LogP contribution in [0.2, 0.25) is 0 Å². The van der Waals surface area contributed by atoms with E-state index in [9.17, 15) is 31.2 Å². The van der Waals surface area contributed by atoms with Crippen LogP contribution in [0.15, 0.2) is 59.9 Å². The first-order valence-corrected chi connectivity index (χ1v) is 9.79. The zero-order chi connectivity index (χ0) is 23.1. The van der Waals surface area contributed by atoms with E-state index >= 15 is 0 Å². The van der Waals surface area contributed by atoms with Gasteiger partial charge in [0.15, 0.2) is 5.92 Å². The van der Waals surface area contributed by atoms with Gasteiger partial charge >= 0.3 is 12.1 Å². The van der Waals surface area contributed by atoms with Crippen molar-refractivity contribution >= 4 is 33.4 Å². The second kappa shape index (κ2) is 9.88. The van der Waals surface area contributed by atoms with E-state index < -0.39 is 34.0 Å². The Labute approximate surface area is 174 Å². The Morgan fingerprint density at radius 1 is 1.16 bits per heavy atom. The topological polar surface area (TPSA) is 139 Å². The maximum absolute atomic E-state index is 12.8. The van der Waals surface area contributed by atoms with Gasteiger partial charge in [-0.15, -0.1) is 0 Å². The summed E-state index contributed by atoms with van der Waals surface area (Å²) >= 11 is 0. The predicted molar refractivity (Wildman–Crippen MR) is 102 cm³/mol. The number of carbonyl (C=O) groups excluding carboxylic acids is 2. The van der Waals surface area contributed by atoms with Crippen molar-refractivity contribution in [3.8, 4) is 0 Å². The fourth-order valence-corrected chi connectivity index (χ4v) is 3.09. The van der Waals surface area contributed by atoms with E-state index in [0.29, 0.717) is 12.2 Å². The molecule has 31 heavy (non-hydrogen) atoms. The molecule has 0 saturated heterocycles. The molecule has 0 saturated carbocycles. The number of halogens is 3. The summed E-state index contributed by atoms with van der Waals surface area (Å²) in [6.45, 7) is 0. The lowest BCUT2D eigenvalue weighted by Gasteiger charge is -2.14. The molecule has 14 heteroatoms. The summed E-state index contributed by atoms with van der Waals surface area (Å²) in [5, 5.41) is 0. The van der Waals surface area contributed by atoms with E-state index in [0.717, 1.165) is 13.3 Å². The molecule has 0 spiro atoms. The van der Waals surface area contributed by atoms with Gasteiger partial charge in [0.1, 0.15) is 5.82 Å². The highest BCUT2D eigenvalue weighted by atomic mass is 32.2. The minimum Gasteiger partial charge on any atom is -0.468 e. The molecule has 0 aliphatic carbocycles. The van der Waals surface area contributed by atoms with Crippen LogP contribution in [-0.2, 0) is 24.3 Å². The highest BCUT2D eigenvalue weighted by Gasteiger charge is 2.44. The summed E-state index contributed by atoms with van der Waals surface area (Å²) in [5.74, 6) is -5.08. The van der Waals surface area contributed by atoms with Gasteiger partial charge in [-0.3, -0.25) is 30.1 Å². The second-order valence-corrected chi connectivity index (χ2v) is 7.42. The molecule has 2 aromatic heterocycles. The van der Waals surface area contributed by atoms with Gasteiger partial charge in [-0.05, 0) is 24.3 Å². The van der Waals surface area contributed by atoms with Crippen LogP contribution < -0.4 is 15.6 Å². The van der Waals surface area contributed by atoms with Gasteiger partial charge in [-0.2, -0.15) is 13.2 Å². The standard InChI is InChI=1S/C17H16F3N5O5S/c1-30-16(27)13(17(18,19)20)3-5-15(26)24-23-14-4-2-11(10-22-14)25-31(28,29)12-6-8-21-9-7-12/h2-10,13,25H,1H3,(H,22,23)(H,24,26)/b5-3+. The van der Waals surface area contributed by atoms with E-state index in [4.69, 9.17) is 0 Å². The van der Waals surface area contributed by atoms with Crippen LogP contribution in [0.5, 0.6) is 0 Å². The van der Waals surface area contributed by atoms with Crippen LogP contribution in [0.1, 0.15) is 0 Å². The Morgan fingerprint density at radius 3 is 2.39 bits per heavy atom. The number of aromatic nitrogens is 2. The third kappa shape index (κ3) is 6.95. The maximum Gasteiger partial charge on any atom is 0.405 e. The molecule has 0 aliphatic rings. The van der Waals surface area contributed by atoms with E-state index in [1.54, 1.807) is 0 Å². The molecule has 0 fully saturated rings. The summed E-state index contributed by atoms with van der Waals surface area (Å²) in [6, 6.07) is 5.25. The number of ether oxygens (including phenoxy) is 1. The lowest BCUT2D eigenvalue weighted by molar-refractivity contribution is -0.186. The van der Waals surface area contributed by atoms with E-state index in [1.807, 2.05) is 0 Å². The Morgan fingerprint density at radius 2 is 1.84 bits per heavy atom. The van der Waals surface area contributed by atoms with Crippen molar-refractivity contribution in [1.82, 2.24) is 15.4 Å². The number of methoxy groups -OCH3 is 1. The molecule has 0 bridgehead atoms. The molecule has 0 radical (unpaired) electrons. The molecular formula is C17H16F3N5O5S. The summed E-state index contributed by atoms with van der Waals surface area (Å²) in [5.41, 5.74) is 4.50. The number of pyridine rings is 2. The van der Waals surface area contributed by atoms with Crippen molar-refractivity contribution in [1.29, 1.82) is 0 Å². The molecule has 2 aromatic rings. The molecule has 2 rings (SSSR count). The summed E-state index contributed by atoms with van der Waals surface area (Å²) < 4.78 is 69.1. The zero-order valence-corrected chi connectivity index (χ0v) is 16.6. The molecule has 1 amide bonds. The number of alkyl halides is 3. The third-order valence-corrected chi connectivity index (χ3v) is 4.93. The second-order valence-electron chi connectivity index (χ2n) is 5.74. The van der Waals surface area contributed by atoms with Gasteiger partial charge in [0.2, 0.25) is 0 Å². The van der Waals surface area contributed by atoms with Crippen molar-refractivity contribution in [2.45, 2.75) is 11.1 Å². The van der Waals surface area contributed by atoms with Gasteiger partial charge in [0.25, 0.3) is 15.9 Å². The van der Waals surface area contributed by atoms with Crippen molar-refractivity contribution in [2.75, 3.05) is 17.3 Å². The Bertz CT molecular complexity index is 1040. The van der Waals surface area contributed by atoms with Crippen molar-refractivity contribution in [2.24, 2.45) is 5.92 Å². The van der Waals surface area contributed by atoms with Crippen LogP contribution in [0.3, 0.4) is 0 Å². The lowest BCUT2D eigenvalue weighted by Crippen LogP contribution is -2.32. The van der Waals surface area contributed by atoms with Crippen molar-refractivity contribution in [3.05, 3.63) is 55.0 Å². The first kappa shape index (κ1) is 23.6. The summed E-state index contributed by atoms with van der Waals surface area (Å²) in [6.07, 6.45) is -0.261. The number of hydrazine groups is 1. The van der Waals surface area contributed by atoms with Crippen LogP contribution in [0.25, 0.3) is 0 Å². The van der Waals surface area contributed by atoms with Gasteiger partial charge in [0.05, 0.1) is 23.9 Å². The fourth-order valence-electron chi connectivity index (χ4n) is 2.06. The number of nitrogens with one attached hydrogen (secondary N) is 3. The number of esters is 1. The number of nitrogens with zero attached hydrogens (tertiary/aromatic N) is 2. The molecule has 2 heterocycles. The van der Waals surface area contributed by atoms with Crippen molar-refractivity contribution in [3.63, 3.8) is 0 Å². The molecule has 1 unspecified atom stereocenters. The number of rotatable bonds is 8. The molecule has 10 nitrogen and oxygen atoms in total. The van der Waals surface area contributed by atoms with Crippen molar-refractivity contribution < 1.29 is 35.9 Å². The van der Waals surface area contributed by atoms with Crippen LogP contribution in [0, 0.1) is 5.92 Å². The highest BCUT2D eigenvalue weighted by molar-refractivity contribution is 7.92. The normalized spacial score (nSPS) is 12.8. The molecule has 166 valence electrons. The first-order valence-electron chi connectivity index (χ1n) is 8.30. The minimum absolute atomic E-state index is 0.00660. The largest absolute Gasteiger partial charge is 0.468 e. The fraction of sp³-hybridized carbons (Fsp3) is 0.176. The van der Waals surface area contributed by atoms with E-state index in [1.165, 1.54) is 36.7 Å². The molecule has 1 atom stereocenters. The zero-order valence-electron chi connectivity index (χ0n) is 15.8. The lowest BCUT2D eigenvalue weighted by atomic mass is 10.1. The third-order valence-electron chi connectivity index (χ3n) is 3.54. The first-order chi connectivity index (χ1) is 14.5. The number of hydrogen-bond acceptors (Lipinski definition) is 8. The summed E-state index contributed by atoms with van der Waals surface area (Å²) in [4.78, 5) is 30.4. The smallest absolute Gasteiger partial charge is 0.405 e. The number of anilines is 2. The number of hydrogen-bond donors (Lipinski definition) is 3. The van der Waals surface area contributed by atoms with Crippen LogP contribution in [0.4, 0.5) is 24.7 Å². The maximum atomic E-state index is 12.8. The number of amides is 1. The molecular weight excluding hydrogens is 443 g/mol. The average molecular weight is 459 g/mol. The van der Waals surface area contributed by atoms with Crippen LogP contribution >= 0.6 is 0 Å². The van der Waals surface area contributed by atoms with Gasteiger partial charge in [-0.1, -0.05) is 6.08 Å². The summed E-state index contributed by atoms with van der Waals surface area (Å²) in [7, 11) is -3.05. The predicted octanol–water partition coefficient (Wildman–Crippen LogP) is 1.63. The van der Waals surface area contributed by atoms with E-state index in [-0.39, 0.29) is 16.4 Å². The quantitative estimate of drug-likeness (QED) is 0.308. The monoisotopic (exact) mass is 459 g/mol. The molecule has 0 aliphatic heterocycles. The van der Waals surface area contributed by atoms with Crippen LogP contribution in [-0.4, -0.2) is 43.5 Å². The SMILES string of the molecule is COC(=O)C(/C=C/C(=O)NNc1ccc(NS(=O)(=O)c2ccncc2)cn1)C(F)(F)F. The van der Waals surface area contributed by atoms with Gasteiger partial charge in [-0.25, -0.2) is 13.4 Å². The molecule has 3 N–H and O–H groups in total. The van der Waals surface area contributed by atoms with Gasteiger partial charge in [0, 0.05) is 18.5 Å². The average Bonchev–Trinajstić information content (AvgIpc) is 2.72. The Balaban J connectivity index is 1.95. The minimum atomic E-state index is -4.92. The number of carbonyl (C=O) groups is 2. The van der Waals surface area contributed by atoms with Gasteiger partial charge < -0.3 is 4.74 Å².